The second-order valence-electron chi connectivity index (χ2n) is 10.1. The van der Waals surface area contributed by atoms with Gasteiger partial charge in [-0.1, -0.05) is 52.3 Å². The zero-order valence-electron chi connectivity index (χ0n) is 20.4. The first-order valence-electron chi connectivity index (χ1n) is 11.3. The van der Waals surface area contributed by atoms with Crippen LogP contribution in [0.25, 0.3) is 0 Å². The maximum atomic E-state index is 14.3. The molecule has 35 heavy (non-hydrogen) atoms. The number of esters is 1. The predicted molar refractivity (Wildman–Crippen MR) is 138 cm³/mol. The van der Waals surface area contributed by atoms with Crippen molar-refractivity contribution in [1.82, 2.24) is 4.72 Å². The summed E-state index contributed by atoms with van der Waals surface area (Å²) in [6, 6.07) is 15.3. The summed E-state index contributed by atoms with van der Waals surface area (Å²) >= 11 is 3.63. The van der Waals surface area contributed by atoms with Gasteiger partial charge >= 0.3 is 5.97 Å². The Morgan fingerprint density at radius 1 is 1.03 bits per heavy atom. The van der Waals surface area contributed by atoms with Crippen LogP contribution in [-0.4, -0.2) is 26.6 Å². The number of benzene rings is 2. The number of carbonyl (C=O) groups excluding carboxylic acids is 2. The highest BCUT2D eigenvalue weighted by molar-refractivity contribution is 9.10. The molecular formula is C26H29BrN2O5S. The molecule has 9 heteroatoms. The van der Waals surface area contributed by atoms with Crippen LogP contribution in [0.3, 0.4) is 0 Å². The van der Waals surface area contributed by atoms with Gasteiger partial charge in [-0.05, 0) is 38.5 Å². The van der Waals surface area contributed by atoms with Crippen LogP contribution in [0, 0.1) is 0 Å². The molecule has 0 saturated carbocycles. The van der Waals surface area contributed by atoms with E-state index in [4.69, 9.17) is 9.47 Å². The van der Waals surface area contributed by atoms with E-state index in [-0.39, 0.29) is 18.1 Å². The van der Waals surface area contributed by atoms with Crippen molar-refractivity contribution in [2.24, 2.45) is 0 Å². The molecular weight excluding hydrogens is 532 g/mol. The standard InChI is InChI=1S/C26H29BrN2O5S/c1-24(2,3)35(32)28-26(15-18-14-21(30)34-25(4,5)33-18)22-19(27)12-9-13-20(22)29(23(26)31)16-17-10-7-6-8-11-17/h6-14,28H,15-16H2,1-5H3/t26-,35-/m0/s1. The number of nitrogens with one attached hydrogen (secondary N) is 1. The molecule has 2 heterocycles. The molecule has 0 aliphatic carbocycles. The molecule has 0 spiro atoms. The van der Waals surface area contributed by atoms with Crippen LogP contribution in [-0.2, 0) is 42.1 Å². The lowest BCUT2D eigenvalue weighted by molar-refractivity contribution is -0.206. The lowest BCUT2D eigenvalue weighted by Crippen LogP contribution is -2.55. The van der Waals surface area contributed by atoms with Crippen molar-refractivity contribution in [3.8, 4) is 0 Å². The molecule has 0 bridgehead atoms. The van der Waals surface area contributed by atoms with Crippen LogP contribution >= 0.6 is 15.9 Å². The van der Waals surface area contributed by atoms with Gasteiger partial charge in [-0.15, -0.1) is 0 Å². The zero-order chi connectivity index (χ0) is 25.6. The van der Waals surface area contributed by atoms with Crippen LogP contribution in [0.5, 0.6) is 0 Å². The van der Waals surface area contributed by atoms with Crippen LogP contribution in [0.1, 0.15) is 52.2 Å². The lowest BCUT2D eigenvalue weighted by Gasteiger charge is -2.36. The number of fused-ring (bicyclic) bond motifs is 1. The van der Waals surface area contributed by atoms with Gasteiger partial charge in [0.1, 0.15) is 11.3 Å². The minimum absolute atomic E-state index is 0.0207. The Labute approximate surface area is 216 Å². The number of halogens is 1. The minimum atomic E-state index is -1.61. The van der Waals surface area contributed by atoms with Crippen molar-refractivity contribution in [3.63, 3.8) is 0 Å². The van der Waals surface area contributed by atoms with E-state index in [0.717, 1.165) is 5.56 Å². The van der Waals surface area contributed by atoms with Gasteiger partial charge in [0.25, 0.3) is 5.91 Å². The lowest BCUT2D eigenvalue weighted by atomic mass is 9.87. The molecule has 4 rings (SSSR count). The number of hydrogen-bond donors (Lipinski definition) is 1. The number of nitrogens with zero attached hydrogens (tertiary/aromatic N) is 1. The van der Waals surface area contributed by atoms with Crippen molar-refractivity contribution < 1.29 is 23.3 Å². The third kappa shape index (κ3) is 5.08. The van der Waals surface area contributed by atoms with Crippen molar-refractivity contribution in [2.75, 3.05) is 4.90 Å². The first kappa shape index (κ1) is 25.6. The van der Waals surface area contributed by atoms with Gasteiger partial charge in [-0.3, -0.25) is 4.79 Å². The van der Waals surface area contributed by atoms with Crippen molar-refractivity contribution >= 4 is 44.5 Å². The molecule has 0 unspecified atom stereocenters. The fourth-order valence-electron chi connectivity index (χ4n) is 4.25. The minimum Gasteiger partial charge on any atom is -0.457 e. The normalized spacial score (nSPS) is 22.2. The first-order chi connectivity index (χ1) is 16.3. The fourth-order valence-corrected chi connectivity index (χ4v) is 5.83. The Kier molecular flexibility index (Phi) is 6.72. The average molecular weight is 561 g/mol. The van der Waals surface area contributed by atoms with E-state index in [1.807, 2.05) is 69.3 Å². The molecule has 0 aromatic heterocycles. The molecule has 2 aromatic carbocycles. The third-order valence-electron chi connectivity index (χ3n) is 5.77. The van der Waals surface area contributed by atoms with Crippen molar-refractivity contribution in [3.05, 3.63) is 76.0 Å². The molecule has 2 aliphatic rings. The van der Waals surface area contributed by atoms with E-state index in [0.29, 0.717) is 22.3 Å². The smallest absolute Gasteiger partial charge is 0.337 e. The Balaban J connectivity index is 1.87. The molecule has 0 radical (unpaired) electrons. The molecule has 0 fully saturated rings. The monoisotopic (exact) mass is 560 g/mol. The predicted octanol–water partition coefficient (Wildman–Crippen LogP) is 4.83. The van der Waals surface area contributed by atoms with Gasteiger partial charge in [0.05, 0.1) is 34.0 Å². The molecule has 2 atom stereocenters. The van der Waals surface area contributed by atoms with Gasteiger partial charge in [-0.2, -0.15) is 0 Å². The third-order valence-corrected chi connectivity index (χ3v) is 8.07. The summed E-state index contributed by atoms with van der Waals surface area (Å²) < 4.78 is 27.8. The van der Waals surface area contributed by atoms with Crippen molar-refractivity contribution in [2.45, 2.75) is 63.7 Å². The van der Waals surface area contributed by atoms with Crippen LogP contribution < -0.4 is 9.62 Å². The number of anilines is 1. The topological polar surface area (TPSA) is 84.9 Å². The summed E-state index contributed by atoms with van der Waals surface area (Å²) in [5.74, 6) is -1.74. The summed E-state index contributed by atoms with van der Waals surface area (Å²) in [5, 5.41) is 0. The Bertz CT molecular complexity index is 1220. The van der Waals surface area contributed by atoms with E-state index in [9.17, 15) is 13.8 Å². The van der Waals surface area contributed by atoms with Gasteiger partial charge in [0.15, 0.2) is 0 Å². The average Bonchev–Trinajstić information content (AvgIpc) is 2.96. The highest BCUT2D eigenvalue weighted by atomic mass is 79.9. The molecule has 2 aliphatic heterocycles. The number of amides is 1. The molecule has 1 N–H and O–H groups in total. The Hall–Kier alpha value is -2.49. The summed E-state index contributed by atoms with van der Waals surface area (Å²) in [7, 11) is -1.61. The van der Waals surface area contributed by atoms with Crippen molar-refractivity contribution in [1.29, 1.82) is 0 Å². The molecule has 0 saturated heterocycles. The van der Waals surface area contributed by atoms with E-state index >= 15 is 0 Å². The Morgan fingerprint density at radius 2 is 1.71 bits per heavy atom. The van der Waals surface area contributed by atoms with E-state index in [1.165, 1.54) is 6.08 Å². The summed E-state index contributed by atoms with van der Waals surface area (Å²) in [6.07, 6.45) is 1.23. The van der Waals surface area contributed by atoms with E-state index in [2.05, 4.69) is 20.7 Å². The highest BCUT2D eigenvalue weighted by Crippen LogP contribution is 2.49. The van der Waals surface area contributed by atoms with Gasteiger partial charge in [0.2, 0.25) is 5.79 Å². The second-order valence-corrected chi connectivity index (χ2v) is 12.9. The van der Waals surface area contributed by atoms with E-state index < -0.39 is 33.0 Å². The largest absolute Gasteiger partial charge is 0.457 e. The summed E-state index contributed by atoms with van der Waals surface area (Å²) in [4.78, 5) is 28.3. The van der Waals surface area contributed by atoms with Gasteiger partial charge in [-0.25, -0.2) is 13.7 Å². The fraction of sp³-hybridized carbons (Fsp3) is 0.385. The van der Waals surface area contributed by atoms with Gasteiger partial charge < -0.3 is 14.4 Å². The van der Waals surface area contributed by atoms with Crippen LogP contribution in [0.15, 0.2) is 64.8 Å². The zero-order valence-corrected chi connectivity index (χ0v) is 22.8. The molecule has 1 amide bonds. The number of rotatable bonds is 6. The number of hydrogen-bond acceptors (Lipinski definition) is 5. The maximum Gasteiger partial charge on any atom is 0.337 e. The SMILES string of the molecule is CC1(C)OC(=O)C=C(C[C@@]2(N[S@@](=O)C(C)(C)C)C(=O)N(Cc3ccccc3)c3cccc(Br)c32)O1. The van der Waals surface area contributed by atoms with Crippen LogP contribution in [0.4, 0.5) is 5.69 Å². The second kappa shape index (κ2) is 9.19. The summed E-state index contributed by atoms with van der Waals surface area (Å²) in [5.41, 5.74) is 0.865. The molecule has 2 aromatic rings. The maximum absolute atomic E-state index is 14.3. The van der Waals surface area contributed by atoms with Crippen LogP contribution in [0.2, 0.25) is 0 Å². The highest BCUT2D eigenvalue weighted by Gasteiger charge is 2.55. The van der Waals surface area contributed by atoms with Gasteiger partial charge in [0, 0.05) is 30.3 Å². The first-order valence-corrected chi connectivity index (χ1v) is 13.2. The molecule has 7 nitrogen and oxygen atoms in total. The number of ether oxygens (including phenoxy) is 2. The molecule has 186 valence electrons. The Morgan fingerprint density at radius 3 is 2.34 bits per heavy atom. The quantitative estimate of drug-likeness (QED) is 0.511. The van der Waals surface area contributed by atoms with E-state index in [1.54, 1.807) is 18.7 Å². The number of carbonyl (C=O) groups is 2. The summed E-state index contributed by atoms with van der Waals surface area (Å²) in [6.45, 7) is 9.11. The number of cyclic esters (lactones) is 1.